The van der Waals surface area contributed by atoms with Crippen LogP contribution in [-0.2, 0) is 38.5 Å². The zero-order chi connectivity index (χ0) is 33.8. The number of nitrogens with zero attached hydrogens (tertiary/aromatic N) is 3. The van der Waals surface area contributed by atoms with Crippen molar-refractivity contribution in [1.29, 1.82) is 0 Å². The smallest absolute Gasteiger partial charge is 0.229 e. The molecule has 3 heterocycles. The van der Waals surface area contributed by atoms with Crippen LogP contribution in [-0.4, -0.2) is 42.3 Å². The number of benzene rings is 1. The normalized spacial score (nSPS) is 10.2. The van der Waals surface area contributed by atoms with Gasteiger partial charge in [-0.2, -0.15) is 5.10 Å². The van der Waals surface area contributed by atoms with Crippen LogP contribution in [0.25, 0.3) is 0 Å². The second-order valence-corrected chi connectivity index (χ2v) is 10.8. The highest BCUT2D eigenvalue weighted by Gasteiger charge is 2.12. The number of H-pyrrole nitrogens is 1. The third-order valence-corrected chi connectivity index (χ3v) is 7.35. The summed E-state index contributed by atoms with van der Waals surface area (Å²) in [5, 5.41) is 25.4. The number of aliphatic hydroxyl groups excluding tert-OH is 1. The second kappa shape index (κ2) is 21.8. The lowest BCUT2D eigenvalue weighted by Crippen LogP contribution is -2.08. The van der Waals surface area contributed by atoms with Crippen molar-refractivity contribution in [3.63, 3.8) is 0 Å². The van der Waals surface area contributed by atoms with Crippen molar-refractivity contribution >= 4 is 5.78 Å². The molecule has 3 N–H and O–H groups in total. The number of aliphatic hydroxyl groups is 1. The Bertz CT molecular complexity index is 1320. The number of phenols is 1. The van der Waals surface area contributed by atoms with Crippen molar-refractivity contribution < 1.29 is 15.0 Å². The Morgan fingerprint density at radius 2 is 1.16 bits per heavy atom. The topological polar surface area (TPSA) is 112 Å². The van der Waals surface area contributed by atoms with E-state index < -0.39 is 0 Å². The molecule has 0 saturated carbocycles. The minimum atomic E-state index is -0.111. The van der Waals surface area contributed by atoms with Crippen molar-refractivity contribution in [2.24, 2.45) is 0 Å². The first-order valence-electron chi connectivity index (χ1n) is 16.6. The fraction of sp³-hybridized carbons (Fsp3) is 0.474. The molecule has 0 aliphatic carbocycles. The molecule has 0 aliphatic heterocycles. The molecule has 0 atom stereocenters. The SMILES string of the molecule is CCC(O)CC.CCc1cc(C)cc(CC)c1O.CCc1cc(CC)[nH]n1.CCc1cccc(C(=O)c2cccc(CC)n2)n1. The van der Waals surface area contributed by atoms with Crippen LogP contribution in [0.5, 0.6) is 5.75 Å². The minimum Gasteiger partial charge on any atom is -0.507 e. The molecule has 0 saturated heterocycles. The highest BCUT2D eigenvalue weighted by Crippen LogP contribution is 2.25. The zero-order valence-corrected chi connectivity index (χ0v) is 29.1. The number of aromatic nitrogens is 4. The summed E-state index contributed by atoms with van der Waals surface area (Å²) in [6.45, 7) is 18.4. The van der Waals surface area contributed by atoms with Gasteiger partial charge < -0.3 is 10.2 Å². The average molecular weight is 617 g/mol. The first-order valence-corrected chi connectivity index (χ1v) is 16.6. The predicted octanol–water partition coefficient (Wildman–Crippen LogP) is 8.36. The molecule has 0 unspecified atom stereocenters. The first-order chi connectivity index (χ1) is 21.6. The monoisotopic (exact) mass is 616 g/mol. The van der Waals surface area contributed by atoms with Gasteiger partial charge in [-0.1, -0.05) is 85.2 Å². The molecule has 0 spiro atoms. The van der Waals surface area contributed by atoms with E-state index >= 15 is 0 Å². The molecule has 0 bridgehead atoms. The maximum Gasteiger partial charge on any atom is 0.229 e. The summed E-state index contributed by atoms with van der Waals surface area (Å²) in [7, 11) is 0. The molecule has 0 radical (unpaired) electrons. The van der Waals surface area contributed by atoms with Crippen molar-refractivity contribution in [3.8, 4) is 5.75 Å². The maximum atomic E-state index is 12.3. The summed E-state index contributed by atoms with van der Waals surface area (Å²) in [4.78, 5) is 20.9. The zero-order valence-electron chi connectivity index (χ0n) is 29.1. The van der Waals surface area contributed by atoms with Crippen LogP contribution < -0.4 is 0 Å². The van der Waals surface area contributed by atoms with Gasteiger partial charge in [-0.3, -0.25) is 9.89 Å². The van der Waals surface area contributed by atoms with Gasteiger partial charge in [0.2, 0.25) is 5.78 Å². The average Bonchev–Trinajstić information content (AvgIpc) is 3.58. The van der Waals surface area contributed by atoms with Crippen LogP contribution in [0, 0.1) is 6.92 Å². The number of aromatic amines is 1. The molecule has 7 nitrogen and oxygen atoms in total. The largest absolute Gasteiger partial charge is 0.507 e. The van der Waals surface area contributed by atoms with Gasteiger partial charge in [0.05, 0.1) is 11.8 Å². The van der Waals surface area contributed by atoms with Crippen molar-refractivity contribution in [2.45, 2.75) is 120 Å². The molecule has 0 fully saturated rings. The lowest BCUT2D eigenvalue weighted by atomic mass is 10.0. The van der Waals surface area contributed by atoms with Crippen molar-refractivity contribution in [2.75, 3.05) is 0 Å². The Hall–Kier alpha value is -3.84. The van der Waals surface area contributed by atoms with Crippen LogP contribution in [0.15, 0.2) is 54.6 Å². The molecule has 7 heteroatoms. The number of ketones is 1. The highest BCUT2D eigenvalue weighted by atomic mass is 16.3. The van der Waals surface area contributed by atoms with Crippen LogP contribution in [0.1, 0.15) is 124 Å². The molecule has 0 amide bonds. The lowest BCUT2D eigenvalue weighted by Gasteiger charge is -2.08. The number of carbonyl (C=O) groups is 1. The summed E-state index contributed by atoms with van der Waals surface area (Å²) in [6, 6.07) is 17.3. The third kappa shape index (κ3) is 13.8. The summed E-state index contributed by atoms with van der Waals surface area (Å²) >= 11 is 0. The molecular weight excluding hydrogens is 560 g/mol. The van der Waals surface area contributed by atoms with E-state index in [2.05, 4.69) is 73.0 Å². The number of hydrogen-bond donors (Lipinski definition) is 3. The van der Waals surface area contributed by atoms with Gasteiger partial charge in [0.15, 0.2) is 0 Å². The summed E-state index contributed by atoms with van der Waals surface area (Å²) in [5.74, 6) is 0.381. The Labute approximate surface area is 271 Å². The molecule has 1 aromatic carbocycles. The standard InChI is InChI=1S/C15H16N2O.C11H16O.C7H12N2.C5H12O/c1-3-11-7-5-9-13(16-11)15(18)14-10-6-8-12(4-2)17-14;1-4-9-6-8(3)7-10(5-2)11(9)12;1-3-6-5-7(4-2)9-8-6;1-3-5(6)4-2/h5-10H,3-4H2,1-2H3;6-7,12H,4-5H2,1-3H3;5H,3-4H2,1-2H3,(H,8,9);5-6H,3-4H2,1-2H3. The van der Waals surface area contributed by atoms with Gasteiger partial charge in [-0.15, -0.1) is 0 Å². The Balaban J connectivity index is 0.000000325. The van der Waals surface area contributed by atoms with Crippen LogP contribution >= 0.6 is 0 Å². The number of aryl methyl sites for hydroxylation is 7. The van der Waals surface area contributed by atoms with E-state index in [1.54, 1.807) is 12.1 Å². The van der Waals surface area contributed by atoms with Gasteiger partial charge in [0.25, 0.3) is 0 Å². The number of phenolic OH excluding ortho intramolecular Hbond substituents is 1. The molecule has 45 heavy (non-hydrogen) atoms. The molecule has 4 aromatic rings. The first kappa shape index (κ1) is 39.2. The van der Waals surface area contributed by atoms with Crippen LogP contribution in [0.4, 0.5) is 0 Å². The summed E-state index contributed by atoms with van der Waals surface area (Å²) in [5.41, 5.74) is 8.53. The highest BCUT2D eigenvalue weighted by molar-refractivity contribution is 6.06. The number of carbonyl (C=O) groups excluding carboxylic acids is 1. The van der Waals surface area contributed by atoms with E-state index in [9.17, 15) is 9.90 Å². The molecule has 4 rings (SSSR count). The van der Waals surface area contributed by atoms with Crippen LogP contribution in [0.2, 0.25) is 0 Å². The fourth-order valence-electron chi connectivity index (χ4n) is 4.27. The van der Waals surface area contributed by atoms with E-state index in [1.165, 1.54) is 11.3 Å². The minimum absolute atomic E-state index is 0.0648. The number of pyridine rings is 2. The molecule has 3 aromatic heterocycles. The maximum absolute atomic E-state index is 12.3. The van der Waals surface area contributed by atoms with Gasteiger partial charge in [0.1, 0.15) is 17.1 Å². The number of aromatic hydroxyl groups is 1. The second-order valence-electron chi connectivity index (χ2n) is 10.8. The Kier molecular flexibility index (Phi) is 19.0. The van der Waals surface area contributed by atoms with E-state index in [1.807, 2.05) is 52.0 Å². The Morgan fingerprint density at radius 3 is 1.47 bits per heavy atom. The summed E-state index contributed by atoms with van der Waals surface area (Å²) in [6.07, 6.45) is 7.23. The van der Waals surface area contributed by atoms with E-state index in [0.29, 0.717) is 17.1 Å². The molecule has 0 aliphatic rings. The van der Waals surface area contributed by atoms with E-state index in [-0.39, 0.29) is 11.9 Å². The molecular formula is C38H56N4O3. The third-order valence-electron chi connectivity index (χ3n) is 7.35. The van der Waals surface area contributed by atoms with Crippen LogP contribution in [0.3, 0.4) is 0 Å². The van der Waals surface area contributed by atoms with Gasteiger partial charge in [-0.25, -0.2) is 9.97 Å². The fourth-order valence-corrected chi connectivity index (χ4v) is 4.27. The lowest BCUT2D eigenvalue weighted by molar-refractivity contribution is 0.102. The predicted molar refractivity (Wildman–Crippen MR) is 186 cm³/mol. The summed E-state index contributed by atoms with van der Waals surface area (Å²) < 4.78 is 0. The van der Waals surface area contributed by atoms with Crippen molar-refractivity contribution in [3.05, 3.63) is 105 Å². The number of nitrogens with one attached hydrogen (secondary N) is 1. The van der Waals surface area contributed by atoms with E-state index in [4.69, 9.17) is 5.11 Å². The number of rotatable bonds is 10. The van der Waals surface area contributed by atoms with Gasteiger partial charge in [0, 0.05) is 17.1 Å². The van der Waals surface area contributed by atoms with Gasteiger partial charge in [-0.05, 0) is 99.7 Å². The Morgan fingerprint density at radius 1 is 0.689 bits per heavy atom. The van der Waals surface area contributed by atoms with Gasteiger partial charge >= 0.3 is 0 Å². The van der Waals surface area contributed by atoms with E-state index in [0.717, 1.165) is 79.6 Å². The molecule has 246 valence electrons. The number of hydrogen-bond acceptors (Lipinski definition) is 6. The van der Waals surface area contributed by atoms with Crippen molar-refractivity contribution in [1.82, 2.24) is 20.2 Å². The quantitative estimate of drug-likeness (QED) is 0.154.